The third kappa shape index (κ3) is 9.29. The molecule has 53 heavy (non-hydrogen) atoms. The van der Waals surface area contributed by atoms with E-state index < -0.39 is 0 Å². The predicted molar refractivity (Wildman–Crippen MR) is 211 cm³/mol. The summed E-state index contributed by atoms with van der Waals surface area (Å²) in [4.78, 5) is 27.7. The number of nitrogens with one attached hydrogen (secondary N) is 6. The second-order valence-electron chi connectivity index (χ2n) is 12.2. The van der Waals surface area contributed by atoms with Crippen LogP contribution in [0.4, 0.5) is 58.4 Å². The van der Waals surface area contributed by atoms with Crippen LogP contribution < -0.4 is 31.9 Å². The molecule has 264 valence electrons. The molecular formula is C38H35BrN14. The third-order valence-electron chi connectivity index (χ3n) is 7.89. The minimum atomic E-state index is 0.134. The topological polar surface area (TPSA) is 197 Å². The Morgan fingerprint density at radius 1 is 0.491 bits per heavy atom. The Hall–Kier alpha value is -6.84. The van der Waals surface area contributed by atoms with Gasteiger partial charge in [0.25, 0.3) is 0 Å². The molecule has 6 aromatic rings. The highest BCUT2D eigenvalue weighted by Crippen LogP contribution is 2.31. The number of nitriles is 2. The van der Waals surface area contributed by atoms with E-state index in [1.807, 2.05) is 33.8 Å². The van der Waals surface area contributed by atoms with E-state index in [2.05, 4.69) is 115 Å². The zero-order valence-corrected chi connectivity index (χ0v) is 31.2. The molecule has 0 radical (unpaired) electrons. The quantitative estimate of drug-likeness (QED) is 0.0648. The first kappa shape index (κ1) is 36.0. The first-order valence-corrected chi connectivity index (χ1v) is 17.3. The molecule has 15 heteroatoms. The summed E-state index contributed by atoms with van der Waals surface area (Å²) in [6.45, 7) is 10.3. The molecular weight excluding hydrogens is 732 g/mol. The Morgan fingerprint density at radius 3 is 1.26 bits per heavy atom. The molecule has 0 aliphatic carbocycles. The molecule has 0 saturated carbocycles. The largest absolute Gasteiger partial charge is 0.337 e. The number of hydrogen-bond donors (Lipinski definition) is 6. The Balaban J connectivity index is 1.27. The van der Waals surface area contributed by atoms with Crippen molar-refractivity contribution in [3.05, 3.63) is 116 Å². The predicted octanol–water partition coefficient (Wildman–Crippen LogP) is 8.56. The minimum Gasteiger partial charge on any atom is -0.337 e. The SMILES string of the molecule is Cc1cc(C)c(Nc2nc(NCNc3nc(Nc4ccc(C#N)cc4)nc(Nc4c(C)cc(C)cc4Br)n3)nc(Nc3ccc(C#N)cc3)n2)c(C)c1. The number of hydrogen-bond acceptors (Lipinski definition) is 14. The summed E-state index contributed by atoms with van der Waals surface area (Å²) in [5.74, 6) is 1.73. The summed E-state index contributed by atoms with van der Waals surface area (Å²) in [5.41, 5.74) is 9.60. The number of nitrogens with zero attached hydrogens (tertiary/aromatic N) is 8. The van der Waals surface area contributed by atoms with Gasteiger partial charge in [-0.2, -0.15) is 40.4 Å². The van der Waals surface area contributed by atoms with Crippen molar-refractivity contribution >= 4 is 74.4 Å². The van der Waals surface area contributed by atoms with Crippen LogP contribution in [0.15, 0.2) is 77.3 Å². The summed E-state index contributed by atoms with van der Waals surface area (Å²) in [6, 6.07) is 26.5. The zero-order valence-electron chi connectivity index (χ0n) is 29.6. The van der Waals surface area contributed by atoms with Crippen molar-refractivity contribution in [3.8, 4) is 12.1 Å². The van der Waals surface area contributed by atoms with E-state index in [0.29, 0.717) is 34.4 Å². The fraction of sp³-hybridized carbons (Fsp3) is 0.158. The van der Waals surface area contributed by atoms with Crippen molar-refractivity contribution < 1.29 is 0 Å². The van der Waals surface area contributed by atoms with Crippen LogP contribution in [0.2, 0.25) is 0 Å². The van der Waals surface area contributed by atoms with Gasteiger partial charge in [-0.25, -0.2) is 0 Å². The van der Waals surface area contributed by atoms with Crippen molar-refractivity contribution in [3.63, 3.8) is 0 Å². The highest BCUT2D eigenvalue weighted by atomic mass is 79.9. The average Bonchev–Trinajstić information content (AvgIpc) is 3.12. The highest BCUT2D eigenvalue weighted by molar-refractivity contribution is 9.10. The number of benzene rings is 4. The lowest BCUT2D eigenvalue weighted by Crippen LogP contribution is -2.18. The standard InChI is InChI=1S/C38H35BrN14/c1-21-14-23(3)31(24(4)15-21)46-37-50-33(48-35(52-37)44-28-10-6-26(18-40)7-11-28)42-20-43-34-49-36(45-29-12-8-27(19-41)9-13-29)53-38(51-34)47-32-25(5)16-22(2)17-30(32)39/h6-17H,20H2,1-5H3,(H3,42,44,46,48,50,52)(H3,43,45,47,49,51,53). The van der Waals surface area contributed by atoms with Crippen LogP contribution in [0.1, 0.15) is 38.9 Å². The van der Waals surface area contributed by atoms with Crippen LogP contribution in [-0.4, -0.2) is 36.6 Å². The molecule has 0 spiro atoms. The lowest BCUT2D eigenvalue weighted by Gasteiger charge is -2.16. The number of halogens is 1. The van der Waals surface area contributed by atoms with Crippen LogP contribution in [-0.2, 0) is 0 Å². The van der Waals surface area contributed by atoms with E-state index in [-0.39, 0.29) is 30.5 Å². The molecule has 0 fully saturated rings. The Kier molecular flexibility index (Phi) is 10.9. The maximum absolute atomic E-state index is 9.21. The van der Waals surface area contributed by atoms with E-state index in [9.17, 15) is 10.5 Å². The molecule has 0 saturated heterocycles. The van der Waals surface area contributed by atoms with Crippen LogP contribution in [0.3, 0.4) is 0 Å². The summed E-state index contributed by atoms with van der Waals surface area (Å²) in [5, 5.41) is 37.9. The smallest absolute Gasteiger partial charge is 0.233 e. The number of rotatable bonds is 12. The Bertz CT molecular complexity index is 2150. The van der Waals surface area contributed by atoms with Gasteiger partial charge < -0.3 is 31.9 Å². The molecule has 2 heterocycles. The maximum atomic E-state index is 9.21. The fourth-order valence-electron chi connectivity index (χ4n) is 5.53. The molecule has 0 atom stereocenters. The number of aromatic nitrogens is 6. The molecule has 4 aromatic carbocycles. The molecule has 6 rings (SSSR count). The molecule has 0 amide bonds. The van der Waals surface area contributed by atoms with E-state index in [4.69, 9.17) is 0 Å². The van der Waals surface area contributed by atoms with E-state index in [1.165, 1.54) is 0 Å². The normalized spacial score (nSPS) is 10.5. The first-order valence-electron chi connectivity index (χ1n) is 16.5. The summed E-state index contributed by atoms with van der Waals surface area (Å²) >= 11 is 3.65. The van der Waals surface area contributed by atoms with Gasteiger partial charge in [0.15, 0.2) is 0 Å². The van der Waals surface area contributed by atoms with Crippen molar-refractivity contribution in [2.75, 3.05) is 38.6 Å². The first-order chi connectivity index (χ1) is 25.5. The van der Waals surface area contributed by atoms with Gasteiger partial charge in [0.05, 0.1) is 35.6 Å². The van der Waals surface area contributed by atoms with Crippen LogP contribution in [0, 0.1) is 57.3 Å². The molecule has 0 aliphatic heterocycles. The molecule has 2 aromatic heterocycles. The molecule has 14 nitrogen and oxygen atoms in total. The van der Waals surface area contributed by atoms with Crippen molar-refractivity contribution in [1.82, 2.24) is 29.9 Å². The zero-order chi connectivity index (χ0) is 37.5. The van der Waals surface area contributed by atoms with Gasteiger partial charge in [-0.15, -0.1) is 0 Å². The fourth-order valence-corrected chi connectivity index (χ4v) is 6.30. The second kappa shape index (κ2) is 16.0. The van der Waals surface area contributed by atoms with Crippen LogP contribution in [0.25, 0.3) is 0 Å². The molecule has 0 unspecified atom stereocenters. The van der Waals surface area contributed by atoms with Crippen LogP contribution >= 0.6 is 15.9 Å². The Labute approximate surface area is 315 Å². The van der Waals surface area contributed by atoms with Gasteiger partial charge >= 0.3 is 0 Å². The lowest BCUT2D eigenvalue weighted by molar-refractivity contribution is 1.00. The maximum Gasteiger partial charge on any atom is 0.233 e. The molecule has 6 N–H and O–H groups in total. The highest BCUT2D eigenvalue weighted by Gasteiger charge is 2.14. The van der Waals surface area contributed by atoms with Crippen molar-refractivity contribution in [1.29, 1.82) is 10.5 Å². The minimum absolute atomic E-state index is 0.134. The summed E-state index contributed by atoms with van der Waals surface area (Å²) in [7, 11) is 0. The summed E-state index contributed by atoms with van der Waals surface area (Å²) < 4.78 is 0.869. The van der Waals surface area contributed by atoms with Gasteiger partial charge in [0, 0.05) is 21.5 Å². The van der Waals surface area contributed by atoms with Gasteiger partial charge in [-0.1, -0.05) is 23.8 Å². The van der Waals surface area contributed by atoms with E-state index in [0.717, 1.165) is 43.7 Å². The second-order valence-corrected chi connectivity index (χ2v) is 13.1. The Morgan fingerprint density at radius 2 is 0.849 bits per heavy atom. The molecule has 0 aliphatic rings. The third-order valence-corrected chi connectivity index (χ3v) is 8.51. The lowest BCUT2D eigenvalue weighted by atomic mass is 10.1. The number of anilines is 10. The van der Waals surface area contributed by atoms with Crippen molar-refractivity contribution in [2.45, 2.75) is 34.6 Å². The van der Waals surface area contributed by atoms with Gasteiger partial charge in [-0.05, 0) is 127 Å². The monoisotopic (exact) mass is 766 g/mol. The molecule has 0 bridgehead atoms. The van der Waals surface area contributed by atoms with Gasteiger partial charge in [0.1, 0.15) is 0 Å². The summed E-state index contributed by atoms with van der Waals surface area (Å²) in [6.07, 6.45) is 0. The van der Waals surface area contributed by atoms with E-state index in [1.54, 1.807) is 48.5 Å². The van der Waals surface area contributed by atoms with Crippen LogP contribution in [0.5, 0.6) is 0 Å². The van der Waals surface area contributed by atoms with Gasteiger partial charge in [0.2, 0.25) is 35.7 Å². The van der Waals surface area contributed by atoms with Gasteiger partial charge in [-0.3, -0.25) is 0 Å². The van der Waals surface area contributed by atoms with Crippen molar-refractivity contribution in [2.24, 2.45) is 0 Å². The number of aryl methyl sites for hydroxylation is 5. The van der Waals surface area contributed by atoms with E-state index >= 15 is 0 Å². The average molecular weight is 768 g/mol.